The number of rotatable bonds is 3. The number of nitrogens with two attached hydrogens (primary N) is 1. The van der Waals surface area contributed by atoms with Crippen LogP contribution in [0.2, 0.25) is 0 Å². The highest BCUT2D eigenvalue weighted by Gasteiger charge is 2.41. The summed E-state index contributed by atoms with van der Waals surface area (Å²) >= 11 is 0. The van der Waals surface area contributed by atoms with Crippen LogP contribution in [-0.2, 0) is 6.54 Å². The van der Waals surface area contributed by atoms with Crippen molar-refractivity contribution in [1.82, 2.24) is 4.90 Å². The van der Waals surface area contributed by atoms with Crippen LogP contribution in [0.4, 0.5) is 0 Å². The van der Waals surface area contributed by atoms with E-state index < -0.39 is 0 Å². The van der Waals surface area contributed by atoms with Gasteiger partial charge in [0.15, 0.2) is 0 Å². The average molecular weight is 232 g/mol. The molecule has 1 saturated carbocycles. The summed E-state index contributed by atoms with van der Waals surface area (Å²) in [4.78, 5) is 2.47. The minimum absolute atomic E-state index is 0.189. The fourth-order valence-corrected chi connectivity index (χ4v) is 2.93. The van der Waals surface area contributed by atoms with Gasteiger partial charge >= 0.3 is 0 Å². The van der Waals surface area contributed by atoms with Crippen LogP contribution in [0.15, 0.2) is 24.3 Å². The number of hydrogen-bond acceptors (Lipinski definition) is 3. The van der Waals surface area contributed by atoms with Crippen LogP contribution >= 0.6 is 0 Å². The predicted octanol–water partition coefficient (Wildman–Crippen LogP) is 1.42. The van der Waals surface area contributed by atoms with Gasteiger partial charge < -0.3 is 10.8 Å². The maximum absolute atomic E-state index is 10.2. The van der Waals surface area contributed by atoms with Crippen LogP contribution in [0.25, 0.3) is 0 Å². The topological polar surface area (TPSA) is 49.5 Å². The first-order valence-electron chi connectivity index (χ1n) is 6.52. The van der Waals surface area contributed by atoms with E-state index >= 15 is 0 Å². The molecular weight excluding hydrogens is 212 g/mol. The van der Waals surface area contributed by atoms with Gasteiger partial charge in [0.05, 0.1) is 12.1 Å². The third-order valence-electron chi connectivity index (χ3n) is 3.95. The summed E-state index contributed by atoms with van der Waals surface area (Å²) in [6, 6.07) is 9.26. The molecular formula is C14H20N2O. The summed E-state index contributed by atoms with van der Waals surface area (Å²) in [5.41, 5.74) is 8.06. The van der Waals surface area contributed by atoms with Gasteiger partial charge in [-0.25, -0.2) is 0 Å². The largest absolute Gasteiger partial charge is 0.391 e. The second-order valence-electron chi connectivity index (χ2n) is 5.22. The Kier molecular flexibility index (Phi) is 2.90. The van der Waals surface area contributed by atoms with Gasteiger partial charge in [0.25, 0.3) is 0 Å². The van der Waals surface area contributed by atoms with Gasteiger partial charge in [-0.2, -0.15) is 0 Å². The zero-order chi connectivity index (χ0) is 11.8. The lowest BCUT2D eigenvalue weighted by molar-refractivity contribution is 0.112. The molecule has 3 rings (SSSR count). The first-order chi connectivity index (χ1) is 8.29. The van der Waals surface area contributed by atoms with Crippen LogP contribution in [0.5, 0.6) is 0 Å². The van der Waals surface area contributed by atoms with Gasteiger partial charge in [-0.15, -0.1) is 0 Å². The molecule has 1 aromatic rings. The van der Waals surface area contributed by atoms with Crippen molar-refractivity contribution in [2.45, 2.75) is 44.0 Å². The molecule has 17 heavy (non-hydrogen) atoms. The highest BCUT2D eigenvalue weighted by atomic mass is 16.3. The molecule has 0 amide bonds. The molecule has 0 bridgehead atoms. The lowest BCUT2D eigenvalue weighted by atomic mass is 10.00. The molecule has 2 unspecified atom stereocenters. The summed E-state index contributed by atoms with van der Waals surface area (Å²) < 4.78 is 0. The maximum Gasteiger partial charge on any atom is 0.0749 e. The van der Waals surface area contributed by atoms with Crippen molar-refractivity contribution in [3.05, 3.63) is 35.4 Å². The van der Waals surface area contributed by atoms with E-state index in [1.54, 1.807) is 0 Å². The minimum Gasteiger partial charge on any atom is -0.391 e. The van der Waals surface area contributed by atoms with Crippen molar-refractivity contribution in [3.8, 4) is 0 Å². The van der Waals surface area contributed by atoms with E-state index in [9.17, 15) is 5.11 Å². The third-order valence-corrected chi connectivity index (χ3v) is 3.95. The molecule has 1 aromatic carbocycles. The fourth-order valence-electron chi connectivity index (χ4n) is 2.93. The number of hydrogen-bond donors (Lipinski definition) is 2. The molecule has 3 heteroatoms. The lowest BCUT2D eigenvalue weighted by Gasteiger charge is -2.26. The minimum atomic E-state index is -0.219. The quantitative estimate of drug-likeness (QED) is 0.828. The Labute approximate surface area is 102 Å². The lowest BCUT2D eigenvalue weighted by Crippen LogP contribution is -2.29. The van der Waals surface area contributed by atoms with Gasteiger partial charge in [0.1, 0.15) is 0 Å². The maximum atomic E-state index is 10.2. The van der Waals surface area contributed by atoms with Crippen LogP contribution < -0.4 is 5.73 Å². The standard InChI is InChI=1S/C14H20N2O/c15-9-10-2-1-3-11(8-10)14-13(17)6-7-16(14)12-4-5-12/h1-3,8,12-14,17H,4-7,9,15H2. The summed E-state index contributed by atoms with van der Waals surface area (Å²) in [5.74, 6) is 0. The number of aliphatic hydroxyl groups excluding tert-OH is 1. The zero-order valence-corrected chi connectivity index (χ0v) is 10.0. The van der Waals surface area contributed by atoms with Crippen molar-refractivity contribution in [3.63, 3.8) is 0 Å². The Balaban J connectivity index is 1.88. The number of likely N-dealkylation sites (tertiary alicyclic amines) is 1. The van der Waals surface area contributed by atoms with E-state index in [0.29, 0.717) is 12.6 Å². The fraction of sp³-hybridized carbons (Fsp3) is 0.571. The van der Waals surface area contributed by atoms with Crippen LogP contribution in [0.1, 0.15) is 36.4 Å². The van der Waals surface area contributed by atoms with Crippen molar-refractivity contribution < 1.29 is 5.11 Å². The SMILES string of the molecule is NCc1cccc(C2C(O)CCN2C2CC2)c1. The summed E-state index contributed by atoms with van der Waals surface area (Å²) in [5, 5.41) is 10.2. The number of aliphatic hydroxyl groups is 1. The van der Waals surface area contributed by atoms with E-state index in [1.165, 1.54) is 18.4 Å². The van der Waals surface area contributed by atoms with Crippen molar-refractivity contribution >= 4 is 0 Å². The molecule has 1 aliphatic heterocycles. The van der Waals surface area contributed by atoms with E-state index in [1.807, 2.05) is 12.1 Å². The Bertz CT molecular complexity index is 403. The number of benzene rings is 1. The molecule has 3 nitrogen and oxygen atoms in total. The Morgan fingerprint density at radius 2 is 2.12 bits per heavy atom. The summed E-state index contributed by atoms with van der Waals surface area (Å²) in [6.45, 7) is 1.60. The molecule has 1 heterocycles. The van der Waals surface area contributed by atoms with E-state index in [0.717, 1.165) is 18.5 Å². The summed E-state index contributed by atoms with van der Waals surface area (Å²) in [7, 11) is 0. The molecule has 0 radical (unpaired) electrons. The second kappa shape index (κ2) is 4.41. The molecule has 3 N–H and O–H groups in total. The third kappa shape index (κ3) is 2.10. The molecule has 0 aromatic heterocycles. The van der Waals surface area contributed by atoms with Gasteiger partial charge in [-0.1, -0.05) is 24.3 Å². The Morgan fingerprint density at radius 1 is 1.29 bits per heavy atom. The van der Waals surface area contributed by atoms with Gasteiger partial charge in [-0.05, 0) is 30.4 Å². The van der Waals surface area contributed by atoms with Gasteiger partial charge in [-0.3, -0.25) is 4.90 Å². The van der Waals surface area contributed by atoms with E-state index in [4.69, 9.17) is 5.73 Å². The highest BCUT2D eigenvalue weighted by molar-refractivity contribution is 5.28. The van der Waals surface area contributed by atoms with E-state index in [2.05, 4.69) is 17.0 Å². The normalized spacial score (nSPS) is 29.8. The average Bonchev–Trinajstić information content (AvgIpc) is 3.13. The molecule has 2 aliphatic rings. The highest BCUT2D eigenvalue weighted by Crippen LogP contribution is 2.41. The molecule has 0 spiro atoms. The van der Waals surface area contributed by atoms with Crippen molar-refractivity contribution in [2.24, 2.45) is 5.73 Å². The van der Waals surface area contributed by atoms with Crippen molar-refractivity contribution in [1.29, 1.82) is 0 Å². The molecule has 2 fully saturated rings. The first kappa shape index (κ1) is 11.2. The van der Waals surface area contributed by atoms with Gasteiger partial charge in [0.2, 0.25) is 0 Å². The molecule has 1 saturated heterocycles. The zero-order valence-electron chi connectivity index (χ0n) is 10.0. The molecule has 92 valence electrons. The van der Waals surface area contributed by atoms with Crippen LogP contribution in [0.3, 0.4) is 0 Å². The first-order valence-corrected chi connectivity index (χ1v) is 6.52. The Morgan fingerprint density at radius 3 is 2.82 bits per heavy atom. The van der Waals surface area contributed by atoms with Crippen LogP contribution in [-0.4, -0.2) is 28.7 Å². The van der Waals surface area contributed by atoms with E-state index in [-0.39, 0.29) is 12.1 Å². The van der Waals surface area contributed by atoms with Crippen LogP contribution in [0, 0.1) is 0 Å². The molecule has 2 atom stereocenters. The monoisotopic (exact) mass is 232 g/mol. The number of nitrogens with zero attached hydrogens (tertiary/aromatic N) is 1. The predicted molar refractivity (Wildman–Crippen MR) is 67.4 cm³/mol. The second-order valence-corrected chi connectivity index (χ2v) is 5.22. The summed E-state index contributed by atoms with van der Waals surface area (Å²) in [6.07, 6.45) is 3.26. The van der Waals surface area contributed by atoms with Gasteiger partial charge in [0, 0.05) is 19.1 Å². The Hall–Kier alpha value is -0.900. The van der Waals surface area contributed by atoms with Crippen molar-refractivity contribution in [2.75, 3.05) is 6.54 Å². The smallest absolute Gasteiger partial charge is 0.0749 e. The molecule has 1 aliphatic carbocycles.